The molecule has 0 aliphatic carbocycles. The summed E-state index contributed by atoms with van der Waals surface area (Å²) < 4.78 is 10.6. The van der Waals surface area contributed by atoms with Crippen molar-refractivity contribution in [3.63, 3.8) is 0 Å². The van der Waals surface area contributed by atoms with Crippen molar-refractivity contribution in [1.29, 1.82) is 0 Å². The maximum Gasteiger partial charge on any atom is 0.261 e. The van der Waals surface area contributed by atoms with Crippen molar-refractivity contribution >= 4 is 23.2 Å². The molecule has 4 aromatic rings. The molecular weight excluding hydrogens is 406 g/mol. The van der Waals surface area contributed by atoms with Crippen LogP contribution in [-0.2, 0) is 0 Å². The molecule has 150 valence electrons. The van der Waals surface area contributed by atoms with Crippen molar-refractivity contribution in [2.45, 2.75) is 6.92 Å². The smallest absolute Gasteiger partial charge is 0.261 e. The van der Waals surface area contributed by atoms with Gasteiger partial charge in [-0.1, -0.05) is 35.5 Å². The molecule has 3 heterocycles. The molecule has 1 aromatic carbocycles. The summed E-state index contributed by atoms with van der Waals surface area (Å²) in [6, 6.07) is 12.8. The maximum atomic E-state index is 13.0. The van der Waals surface area contributed by atoms with Gasteiger partial charge in [0.25, 0.3) is 5.91 Å². The molecule has 3 aromatic heterocycles. The van der Waals surface area contributed by atoms with E-state index in [0.29, 0.717) is 34.0 Å². The van der Waals surface area contributed by atoms with Gasteiger partial charge in [-0.3, -0.25) is 4.79 Å². The third kappa shape index (κ3) is 3.85. The third-order valence-corrected chi connectivity index (χ3v) is 4.55. The number of rotatable bonds is 5. The van der Waals surface area contributed by atoms with E-state index >= 15 is 0 Å². The van der Waals surface area contributed by atoms with E-state index in [0.717, 1.165) is 5.56 Å². The summed E-state index contributed by atoms with van der Waals surface area (Å²) in [4.78, 5) is 25.4. The van der Waals surface area contributed by atoms with E-state index in [1.54, 1.807) is 31.5 Å². The number of methoxy groups -OCH3 is 1. The molecule has 0 saturated carbocycles. The van der Waals surface area contributed by atoms with Crippen LogP contribution in [0.5, 0.6) is 5.88 Å². The van der Waals surface area contributed by atoms with Crippen LogP contribution in [0.1, 0.15) is 16.1 Å². The predicted octanol–water partition coefficient (Wildman–Crippen LogP) is 4.42. The number of pyridine rings is 1. The third-order valence-electron chi connectivity index (χ3n) is 4.35. The average molecular weight is 422 g/mol. The van der Waals surface area contributed by atoms with Crippen LogP contribution in [-0.4, -0.2) is 33.1 Å². The van der Waals surface area contributed by atoms with Gasteiger partial charge >= 0.3 is 0 Å². The van der Waals surface area contributed by atoms with Gasteiger partial charge in [0.05, 0.1) is 12.8 Å². The van der Waals surface area contributed by atoms with Crippen molar-refractivity contribution in [3.05, 3.63) is 71.5 Å². The highest BCUT2D eigenvalue weighted by Crippen LogP contribution is 2.29. The van der Waals surface area contributed by atoms with Gasteiger partial charge in [0.1, 0.15) is 22.7 Å². The Hall–Kier alpha value is -3.78. The lowest BCUT2D eigenvalue weighted by atomic mass is 10.1. The van der Waals surface area contributed by atoms with E-state index in [4.69, 9.17) is 20.9 Å². The molecule has 0 radical (unpaired) electrons. The number of aromatic nitrogens is 4. The predicted molar refractivity (Wildman–Crippen MR) is 111 cm³/mol. The quantitative estimate of drug-likeness (QED) is 0.476. The number of hydrogen-bond donors (Lipinski definition) is 1. The molecule has 0 fully saturated rings. The topological polar surface area (TPSA) is 103 Å². The number of carbonyl (C=O) groups is 1. The lowest BCUT2D eigenvalue weighted by Gasteiger charge is -2.11. The Bertz CT molecular complexity index is 1190. The standard InChI is InChI=1S/C21H16ClN5O3/c1-12-17(18(27-30-12)13-6-4-3-5-7-13)19(28)25-16-9-8-15(26-20(16)29-2)14-10-23-21(22)24-11-14/h3-11H,1-2H3,(H,25,28). The lowest BCUT2D eigenvalue weighted by molar-refractivity contribution is 0.102. The minimum atomic E-state index is -0.379. The van der Waals surface area contributed by atoms with Gasteiger partial charge in [0.2, 0.25) is 11.2 Å². The summed E-state index contributed by atoms with van der Waals surface area (Å²) in [6.07, 6.45) is 3.12. The van der Waals surface area contributed by atoms with E-state index in [1.165, 1.54) is 7.11 Å². The Morgan fingerprint density at radius 3 is 2.50 bits per heavy atom. The van der Waals surface area contributed by atoms with Crippen molar-refractivity contribution < 1.29 is 14.1 Å². The number of halogens is 1. The zero-order chi connectivity index (χ0) is 21.1. The normalized spacial score (nSPS) is 10.6. The molecule has 0 unspecified atom stereocenters. The number of ether oxygens (including phenoxy) is 1. The number of amides is 1. The van der Waals surface area contributed by atoms with E-state index in [9.17, 15) is 4.79 Å². The summed E-state index contributed by atoms with van der Waals surface area (Å²) in [6.45, 7) is 1.69. The average Bonchev–Trinajstić information content (AvgIpc) is 3.16. The monoisotopic (exact) mass is 421 g/mol. The summed E-state index contributed by atoms with van der Waals surface area (Å²) in [5.41, 5.74) is 3.23. The SMILES string of the molecule is COc1nc(-c2cnc(Cl)nc2)ccc1NC(=O)c1c(-c2ccccc2)noc1C. The van der Waals surface area contributed by atoms with Crippen LogP contribution in [0, 0.1) is 6.92 Å². The van der Waals surface area contributed by atoms with Gasteiger partial charge in [0.15, 0.2) is 0 Å². The summed E-state index contributed by atoms with van der Waals surface area (Å²) in [7, 11) is 1.47. The van der Waals surface area contributed by atoms with Gasteiger partial charge < -0.3 is 14.6 Å². The van der Waals surface area contributed by atoms with E-state index in [1.807, 2.05) is 30.3 Å². The molecule has 0 spiro atoms. The van der Waals surface area contributed by atoms with Crippen molar-refractivity contribution in [2.75, 3.05) is 12.4 Å². The summed E-state index contributed by atoms with van der Waals surface area (Å²) in [5, 5.41) is 7.01. The van der Waals surface area contributed by atoms with Gasteiger partial charge in [-0.15, -0.1) is 0 Å². The Balaban J connectivity index is 1.64. The molecule has 30 heavy (non-hydrogen) atoms. The van der Waals surface area contributed by atoms with Crippen LogP contribution in [0.25, 0.3) is 22.5 Å². The minimum Gasteiger partial charge on any atom is -0.479 e. The van der Waals surface area contributed by atoms with E-state index < -0.39 is 0 Å². The largest absolute Gasteiger partial charge is 0.479 e. The van der Waals surface area contributed by atoms with Crippen LogP contribution in [0.2, 0.25) is 5.28 Å². The van der Waals surface area contributed by atoms with Crippen molar-refractivity contribution in [3.8, 4) is 28.4 Å². The zero-order valence-electron chi connectivity index (χ0n) is 16.1. The van der Waals surface area contributed by atoms with Gasteiger partial charge in [-0.25, -0.2) is 15.0 Å². The number of nitrogens with zero attached hydrogens (tertiary/aromatic N) is 4. The molecular formula is C21H16ClN5O3. The number of hydrogen-bond acceptors (Lipinski definition) is 7. The molecule has 0 aliphatic rings. The second-order valence-corrected chi connectivity index (χ2v) is 6.61. The second-order valence-electron chi connectivity index (χ2n) is 6.28. The summed E-state index contributed by atoms with van der Waals surface area (Å²) >= 11 is 5.73. The number of nitrogens with one attached hydrogen (secondary N) is 1. The van der Waals surface area contributed by atoms with E-state index in [2.05, 4.69) is 25.4 Å². The number of aryl methyl sites for hydroxylation is 1. The van der Waals surface area contributed by atoms with Crippen LogP contribution in [0.3, 0.4) is 0 Å². The fourth-order valence-corrected chi connectivity index (χ4v) is 3.01. The first-order chi connectivity index (χ1) is 14.6. The fraction of sp³-hybridized carbons (Fsp3) is 0.0952. The van der Waals surface area contributed by atoms with Gasteiger partial charge in [-0.05, 0) is 30.7 Å². The highest BCUT2D eigenvalue weighted by atomic mass is 35.5. The molecule has 8 nitrogen and oxygen atoms in total. The number of benzene rings is 1. The first-order valence-electron chi connectivity index (χ1n) is 8.93. The Morgan fingerprint density at radius 2 is 1.80 bits per heavy atom. The van der Waals surface area contributed by atoms with Crippen LogP contribution < -0.4 is 10.1 Å². The molecule has 0 aliphatic heterocycles. The van der Waals surface area contributed by atoms with E-state index in [-0.39, 0.29) is 17.1 Å². The Labute approximate surface area is 176 Å². The summed E-state index contributed by atoms with van der Waals surface area (Å²) in [5.74, 6) is 0.273. The molecule has 1 N–H and O–H groups in total. The number of anilines is 1. The fourth-order valence-electron chi connectivity index (χ4n) is 2.91. The molecule has 0 bridgehead atoms. The molecule has 0 saturated heterocycles. The molecule has 0 atom stereocenters. The zero-order valence-corrected chi connectivity index (χ0v) is 16.8. The lowest BCUT2D eigenvalue weighted by Crippen LogP contribution is -2.14. The first kappa shape index (κ1) is 19.5. The van der Waals surface area contributed by atoms with Crippen molar-refractivity contribution in [2.24, 2.45) is 0 Å². The first-order valence-corrected chi connectivity index (χ1v) is 9.30. The molecule has 9 heteroatoms. The Morgan fingerprint density at radius 1 is 1.07 bits per heavy atom. The number of carbonyl (C=O) groups excluding carboxylic acids is 1. The molecule has 1 amide bonds. The second kappa shape index (κ2) is 8.30. The highest BCUT2D eigenvalue weighted by Gasteiger charge is 2.23. The van der Waals surface area contributed by atoms with Gasteiger partial charge in [0, 0.05) is 23.5 Å². The van der Waals surface area contributed by atoms with Crippen LogP contribution in [0.15, 0.2) is 59.4 Å². The minimum absolute atomic E-state index is 0.146. The maximum absolute atomic E-state index is 13.0. The van der Waals surface area contributed by atoms with Crippen LogP contribution in [0.4, 0.5) is 5.69 Å². The highest BCUT2D eigenvalue weighted by molar-refractivity contribution is 6.28. The van der Waals surface area contributed by atoms with Crippen LogP contribution >= 0.6 is 11.6 Å². The van der Waals surface area contributed by atoms with Gasteiger partial charge in [-0.2, -0.15) is 0 Å². The molecule has 4 rings (SSSR count). The van der Waals surface area contributed by atoms with Crippen molar-refractivity contribution in [1.82, 2.24) is 20.1 Å². The Kier molecular flexibility index (Phi) is 5.40.